The molecule has 1 aliphatic rings. The molecule has 0 aliphatic carbocycles. The summed E-state index contributed by atoms with van der Waals surface area (Å²) in [6, 6.07) is 16.9. The third kappa shape index (κ3) is 3.82. The number of carbonyl (C=O) groups excluding carboxylic acids is 2. The van der Waals surface area contributed by atoms with Crippen LogP contribution in [0.15, 0.2) is 72.4 Å². The minimum absolute atomic E-state index is 0.0466. The quantitative estimate of drug-likeness (QED) is 0.167. The number of ether oxygens (including phenoxy) is 1. The minimum Gasteiger partial charge on any atom is -0.505 e. The second kappa shape index (κ2) is 9.27. The highest BCUT2D eigenvalue weighted by atomic mass is 35.5. The zero-order valence-corrected chi connectivity index (χ0v) is 22.0. The molecule has 2 aromatic carbocycles. The molecule has 6 rings (SSSR count). The Labute approximate surface area is 226 Å². The van der Waals surface area contributed by atoms with E-state index in [1.807, 2.05) is 13.0 Å². The van der Waals surface area contributed by atoms with Crippen molar-refractivity contribution in [1.29, 1.82) is 0 Å². The molecule has 1 aliphatic heterocycles. The molecule has 3 aromatic heterocycles. The van der Waals surface area contributed by atoms with Gasteiger partial charge in [-0.05, 0) is 61.9 Å². The van der Waals surface area contributed by atoms with E-state index in [0.717, 1.165) is 4.70 Å². The smallest absolute Gasteiger partial charge is 0.301 e. The lowest BCUT2D eigenvalue weighted by Crippen LogP contribution is -2.29. The number of pyridine rings is 1. The van der Waals surface area contributed by atoms with Gasteiger partial charge in [-0.2, -0.15) is 0 Å². The molecule has 1 fully saturated rings. The summed E-state index contributed by atoms with van der Waals surface area (Å²) in [4.78, 5) is 37.7. The molecule has 190 valence electrons. The standard InChI is InChI=1S/C28H21ClN4O4S/c1-3-37-18-8-6-7-16(13-18)24-22(25(34)23-15(2)30-21-9-4-5-12-32(21)23)26(35)27(36)33(24)28-31-19-11-10-17(29)14-20(19)38-28/h4-14,24,34H,3H2,1-2H3/b25-22+. The summed E-state index contributed by atoms with van der Waals surface area (Å²) in [6.07, 6.45) is 1.75. The van der Waals surface area contributed by atoms with Gasteiger partial charge in [0.05, 0.1) is 34.1 Å². The van der Waals surface area contributed by atoms with Crippen LogP contribution in [-0.2, 0) is 9.59 Å². The Morgan fingerprint density at radius 3 is 2.76 bits per heavy atom. The van der Waals surface area contributed by atoms with Crippen LogP contribution in [0, 0.1) is 6.92 Å². The number of benzene rings is 2. The van der Waals surface area contributed by atoms with Crippen molar-refractivity contribution in [2.75, 3.05) is 11.5 Å². The molecule has 10 heteroatoms. The Hall–Kier alpha value is -4.21. The molecule has 0 spiro atoms. The van der Waals surface area contributed by atoms with Gasteiger partial charge < -0.3 is 9.84 Å². The first-order valence-corrected chi connectivity index (χ1v) is 13.1. The van der Waals surface area contributed by atoms with Gasteiger partial charge in [-0.1, -0.05) is 41.1 Å². The number of aromatic nitrogens is 3. The van der Waals surface area contributed by atoms with Crippen molar-refractivity contribution >= 4 is 61.4 Å². The number of halogens is 1. The minimum atomic E-state index is -0.944. The highest BCUT2D eigenvalue weighted by molar-refractivity contribution is 7.22. The maximum atomic E-state index is 13.6. The molecule has 1 amide bonds. The number of aryl methyl sites for hydroxylation is 1. The lowest BCUT2D eigenvalue weighted by atomic mass is 9.96. The highest BCUT2D eigenvalue weighted by Crippen LogP contribution is 2.45. The summed E-state index contributed by atoms with van der Waals surface area (Å²) in [7, 11) is 0. The van der Waals surface area contributed by atoms with E-state index in [0.29, 0.717) is 50.6 Å². The number of Topliss-reactive ketones (excluding diaryl/α,β-unsaturated/α-hetero) is 1. The maximum absolute atomic E-state index is 13.6. The molecule has 1 atom stereocenters. The van der Waals surface area contributed by atoms with Crippen LogP contribution in [0.1, 0.15) is 29.9 Å². The van der Waals surface area contributed by atoms with Gasteiger partial charge in [0.1, 0.15) is 17.1 Å². The van der Waals surface area contributed by atoms with Crippen molar-refractivity contribution in [1.82, 2.24) is 14.4 Å². The molecule has 5 aromatic rings. The fourth-order valence-electron chi connectivity index (χ4n) is 4.80. The molecule has 8 nitrogen and oxygen atoms in total. The number of hydrogen-bond donors (Lipinski definition) is 1. The number of anilines is 1. The van der Waals surface area contributed by atoms with Gasteiger partial charge in [0.25, 0.3) is 5.78 Å². The first-order valence-electron chi connectivity index (χ1n) is 11.9. The summed E-state index contributed by atoms with van der Waals surface area (Å²) in [5, 5.41) is 12.5. The van der Waals surface area contributed by atoms with Crippen LogP contribution >= 0.6 is 22.9 Å². The number of imidazole rings is 1. The summed E-state index contributed by atoms with van der Waals surface area (Å²) in [5.74, 6) is -1.32. The van der Waals surface area contributed by atoms with Crippen LogP contribution in [0.5, 0.6) is 5.75 Å². The first-order chi connectivity index (χ1) is 18.4. The summed E-state index contributed by atoms with van der Waals surface area (Å²) in [5.41, 5.74) is 2.68. The summed E-state index contributed by atoms with van der Waals surface area (Å²) < 4.78 is 8.17. The molecule has 38 heavy (non-hydrogen) atoms. The van der Waals surface area contributed by atoms with Crippen LogP contribution in [0.2, 0.25) is 5.02 Å². The number of rotatable bonds is 5. The summed E-state index contributed by atoms with van der Waals surface area (Å²) in [6.45, 7) is 4.07. The Morgan fingerprint density at radius 1 is 1.11 bits per heavy atom. The van der Waals surface area contributed by atoms with Crippen LogP contribution in [0.3, 0.4) is 0 Å². The lowest BCUT2D eigenvalue weighted by molar-refractivity contribution is -0.132. The number of amides is 1. The zero-order chi connectivity index (χ0) is 26.6. The molecular formula is C28H21ClN4O4S. The van der Waals surface area contributed by atoms with Crippen molar-refractivity contribution in [3.05, 3.63) is 94.4 Å². The largest absolute Gasteiger partial charge is 0.505 e. The fraction of sp³-hybridized carbons (Fsp3) is 0.143. The van der Waals surface area contributed by atoms with E-state index in [4.69, 9.17) is 16.3 Å². The third-order valence-electron chi connectivity index (χ3n) is 6.40. The second-order valence-electron chi connectivity index (χ2n) is 8.76. The van der Waals surface area contributed by atoms with Crippen molar-refractivity contribution in [2.45, 2.75) is 19.9 Å². The summed E-state index contributed by atoms with van der Waals surface area (Å²) >= 11 is 7.43. The third-order valence-corrected chi connectivity index (χ3v) is 7.66. The average molecular weight is 545 g/mol. The number of thiazole rings is 1. The first kappa shape index (κ1) is 24.1. The molecule has 1 N–H and O–H groups in total. The van der Waals surface area contributed by atoms with E-state index in [-0.39, 0.29) is 11.3 Å². The SMILES string of the molecule is CCOc1cccc(C2/C(=C(\O)c3c(C)nc4ccccn34)C(=O)C(=O)N2c2nc3ccc(Cl)cc3s2)c1. The van der Waals surface area contributed by atoms with Crippen LogP contribution in [0.25, 0.3) is 21.6 Å². The number of hydrogen-bond acceptors (Lipinski definition) is 7. The fourth-order valence-corrected chi connectivity index (χ4v) is 6.07. The van der Waals surface area contributed by atoms with E-state index in [9.17, 15) is 14.7 Å². The predicted molar refractivity (Wildman–Crippen MR) is 147 cm³/mol. The zero-order valence-electron chi connectivity index (χ0n) is 20.4. The molecule has 0 radical (unpaired) electrons. The number of ketones is 1. The van der Waals surface area contributed by atoms with Gasteiger partial charge in [-0.25, -0.2) is 9.97 Å². The topological polar surface area (TPSA) is 97.0 Å². The van der Waals surface area contributed by atoms with Gasteiger partial charge in [-0.15, -0.1) is 0 Å². The Bertz CT molecular complexity index is 1790. The normalized spacial score (nSPS) is 17.1. The van der Waals surface area contributed by atoms with Crippen LogP contribution < -0.4 is 9.64 Å². The molecule has 1 unspecified atom stereocenters. The molecular weight excluding hydrogens is 524 g/mol. The molecule has 0 bridgehead atoms. The van der Waals surface area contributed by atoms with Gasteiger partial charge >= 0.3 is 5.91 Å². The number of aliphatic hydroxyl groups is 1. The second-order valence-corrected chi connectivity index (χ2v) is 10.2. The number of fused-ring (bicyclic) bond motifs is 2. The number of carbonyl (C=O) groups is 2. The van der Waals surface area contributed by atoms with E-state index in [1.165, 1.54) is 16.2 Å². The molecule has 0 saturated carbocycles. The van der Waals surface area contributed by atoms with Crippen molar-refractivity contribution in [3.63, 3.8) is 0 Å². The highest BCUT2D eigenvalue weighted by Gasteiger charge is 2.48. The van der Waals surface area contributed by atoms with Gasteiger partial charge in [0, 0.05) is 11.2 Å². The average Bonchev–Trinajstić information content (AvgIpc) is 3.54. The van der Waals surface area contributed by atoms with E-state index in [2.05, 4.69) is 9.97 Å². The van der Waals surface area contributed by atoms with Crippen LogP contribution in [0.4, 0.5) is 5.13 Å². The van der Waals surface area contributed by atoms with Crippen molar-refractivity contribution in [2.24, 2.45) is 0 Å². The van der Waals surface area contributed by atoms with E-state index >= 15 is 0 Å². The van der Waals surface area contributed by atoms with E-state index < -0.39 is 17.7 Å². The molecule has 1 saturated heterocycles. The number of nitrogens with zero attached hydrogens (tertiary/aromatic N) is 4. The van der Waals surface area contributed by atoms with Crippen molar-refractivity contribution in [3.8, 4) is 5.75 Å². The van der Waals surface area contributed by atoms with Gasteiger partial charge in [-0.3, -0.25) is 18.9 Å². The van der Waals surface area contributed by atoms with Gasteiger partial charge in [0.15, 0.2) is 10.9 Å². The molecule has 4 heterocycles. The van der Waals surface area contributed by atoms with Gasteiger partial charge in [0.2, 0.25) is 0 Å². The van der Waals surface area contributed by atoms with Crippen LogP contribution in [-0.4, -0.2) is 37.8 Å². The predicted octanol–water partition coefficient (Wildman–Crippen LogP) is 5.93. The van der Waals surface area contributed by atoms with E-state index in [1.54, 1.807) is 72.1 Å². The Morgan fingerprint density at radius 2 is 1.95 bits per heavy atom. The Kier molecular flexibility index (Phi) is 5.89. The lowest BCUT2D eigenvalue weighted by Gasteiger charge is -2.23. The monoisotopic (exact) mass is 544 g/mol. The Balaban J connectivity index is 1.61. The maximum Gasteiger partial charge on any atom is 0.301 e. The number of aliphatic hydroxyl groups excluding tert-OH is 1. The van der Waals surface area contributed by atoms with Crippen molar-refractivity contribution < 1.29 is 19.4 Å².